The second-order valence-electron chi connectivity index (χ2n) is 4.36. The lowest BCUT2D eigenvalue weighted by Gasteiger charge is -2.17. The zero-order valence-corrected chi connectivity index (χ0v) is 10.9. The number of nitrogens with zero attached hydrogens (tertiary/aromatic N) is 1. The smallest absolute Gasteiger partial charge is 0.440 e. The highest BCUT2D eigenvalue weighted by atomic mass is 32.2. The molecule has 0 radical (unpaired) electrons. The van der Waals surface area contributed by atoms with Crippen LogP contribution in [-0.2, 0) is 15.4 Å². The normalized spacial score (nSPS) is 13.5. The Morgan fingerprint density at radius 2 is 1.81 bits per heavy atom. The van der Waals surface area contributed by atoms with Gasteiger partial charge in [-0.2, -0.15) is 0 Å². The van der Waals surface area contributed by atoms with E-state index in [-0.39, 0.29) is 0 Å². The van der Waals surface area contributed by atoms with Crippen molar-refractivity contribution in [3.63, 3.8) is 0 Å². The highest BCUT2D eigenvalue weighted by Gasteiger charge is 2.15. The zero-order valence-electron chi connectivity index (χ0n) is 10.1. The first-order chi connectivity index (χ1) is 7.38. The van der Waals surface area contributed by atoms with Crippen LogP contribution in [0, 0.1) is 0 Å². The summed E-state index contributed by atoms with van der Waals surface area (Å²) in [7, 11) is -0.448. The van der Waals surface area contributed by atoms with Gasteiger partial charge in [-0.25, -0.2) is 4.79 Å². The van der Waals surface area contributed by atoms with Crippen molar-refractivity contribution >= 4 is 16.8 Å². The number of amides is 1. The molecule has 0 spiro atoms. The van der Waals surface area contributed by atoms with Crippen LogP contribution in [0.3, 0.4) is 0 Å². The van der Waals surface area contributed by atoms with E-state index in [9.17, 15) is 4.79 Å². The van der Waals surface area contributed by atoms with Crippen molar-refractivity contribution in [2.45, 2.75) is 31.3 Å². The number of benzene rings is 1. The van der Waals surface area contributed by atoms with Crippen molar-refractivity contribution in [3.8, 4) is 0 Å². The molecule has 0 saturated carbocycles. The highest BCUT2D eigenvalue weighted by molar-refractivity contribution is 7.86. The van der Waals surface area contributed by atoms with Gasteiger partial charge in [0, 0.05) is 4.90 Å². The maximum absolute atomic E-state index is 11.5. The van der Waals surface area contributed by atoms with Gasteiger partial charge in [-0.3, -0.25) is 0 Å². The van der Waals surface area contributed by atoms with Gasteiger partial charge in [-0.1, -0.05) is 28.9 Å². The Balaban J connectivity index is 2.75. The summed E-state index contributed by atoms with van der Waals surface area (Å²) in [5.41, 5.74) is -0.485. The average molecular weight is 239 g/mol. The number of hydrogen-bond acceptors (Lipinski definition) is 2. The second-order valence-corrected chi connectivity index (χ2v) is 5.97. The van der Waals surface area contributed by atoms with Crippen molar-refractivity contribution in [3.05, 3.63) is 30.3 Å². The molecule has 1 amide bonds. The molecule has 0 heterocycles. The molecular formula is C12H17NO2S. The SMILES string of the molecule is CS(=NC(=O)OC(C)(C)C)c1ccccc1. The maximum atomic E-state index is 11.5. The van der Waals surface area contributed by atoms with Gasteiger partial charge in [0.2, 0.25) is 0 Å². The van der Waals surface area contributed by atoms with Gasteiger partial charge in [0.15, 0.2) is 0 Å². The van der Waals surface area contributed by atoms with Crippen LogP contribution in [0.5, 0.6) is 0 Å². The highest BCUT2D eigenvalue weighted by Crippen LogP contribution is 2.11. The largest absolute Gasteiger partial charge is 0.442 e. The van der Waals surface area contributed by atoms with E-state index >= 15 is 0 Å². The van der Waals surface area contributed by atoms with Crippen LogP contribution in [0.25, 0.3) is 0 Å². The van der Waals surface area contributed by atoms with Gasteiger partial charge >= 0.3 is 6.09 Å². The van der Waals surface area contributed by atoms with Gasteiger partial charge < -0.3 is 4.74 Å². The molecule has 1 aromatic carbocycles. The van der Waals surface area contributed by atoms with E-state index in [4.69, 9.17) is 4.74 Å². The van der Waals surface area contributed by atoms with Crippen molar-refractivity contribution in [1.29, 1.82) is 0 Å². The van der Waals surface area contributed by atoms with Crippen LogP contribution in [-0.4, -0.2) is 18.0 Å². The Kier molecular flexibility index (Phi) is 4.24. The third kappa shape index (κ3) is 4.57. The first-order valence-electron chi connectivity index (χ1n) is 5.04. The fraction of sp³-hybridized carbons (Fsp3) is 0.417. The Bertz CT molecular complexity index is 393. The standard InChI is InChI=1S/C12H17NO2S/c1-12(2,3)15-11(14)13-16(4)10-8-6-5-7-9-10/h5-9H,1-4H3. The Morgan fingerprint density at radius 3 is 2.31 bits per heavy atom. The molecule has 0 aromatic heterocycles. The number of carbonyl (C=O) groups is 1. The van der Waals surface area contributed by atoms with Crippen molar-refractivity contribution < 1.29 is 9.53 Å². The van der Waals surface area contributed by atoms with Gasteiger partial charge in [0.1, 0.15) is 5.60 Å². The van der Waals surface area contributed by atoms with E-state index in [2.05, 4.69) is 4.36 Å². The summed E-state index contributed by atoms with van der Waals surface area (Å²) in [6.45, 7) is 5.49. The van der Waals surface area contributed by atoms with E-state index in [1.54, 1.807) is 0 Å². The monoisotopic (exact) mass is 239 g/mol. The van der Waals surface area contributed by atoms with E-state index < -0.39 is 22.4 Å². The number of carbonyl (C=O) groups excluding carboxylic acids is 1. The van der Waals surface area contributed by atoms with Gasteiger partial charge in [0.25, 0.3) is 0 Å². The van der Waals surface area contributed by atoms with Gasteiger partial charge in [0.05, 0.1) is 0 Å². The summed E-state index contributed by atoms with van der Waals surface area (Å²) in [4.78, 5) is 12.5. The molecule has 1 aromatic rings. The molecule has 3 nitrogen and oxygen atoms in total. The molecule has 0 fully saturated rings. The third-order valence-corrected chi connectivity index (χ3v) is 3.07. The van der Waals surface area contributed by atoms with Crippen LogP contribution in [0.15, 0.2) is 39.6 Å². The summed E-state index contributed by atoms with van der Waals surface area (Å²) in [6, 6.07) is 9.72. The second kappa shape index (κ2) is 5.25. The van der Waals surface area contributed by atoms with Crippen LogP contribution in [0.2, 0.25) is 0 Å². The molecule has 16 heavy (non-hydrogen) atoms. The van der Waals surface area contributed by atoms with Crippen molar-refractivity contribution in [2.24, 2.45) is 4.36 Å². The van der Waals surface area contributed by atoms with Gasteiger partial charge in [-0.15, -0.1) is 4.36 Å². The lowest BCUT2D eigenvalue weighted by Crippen LogP contribution is -2.22. The fourth-order valence-electron chi connectivity index (χ4n) is 1.06. The lowest BCUT2D eigenvalue weighted by atomic mass is 10.2. The van der Waals surface area contributed by atoms with Crippen LogP contribution < -0.4 is 0 Å². The minimum absolute atomic E-state index is 0.448. The molecule has 1 rings (SSSR count). The molecular weight excluding hydrogens is 222 g/mol. The Labute approximate surface area is 98.9 Å². The summed E-state index contributed by atoms with van der Waals surface area (Å²) >= 11 is 0. The third-order valence-electron chi connectivity index (χ3n) is 1.69. The Hall–Kier alpha value is -1.16. The molecule has 0 aliphatic rings. The average Bonchev–Trinajstić information content (AvgIpc) is 2.16. The van der Waals surface area contributed by atoms with E-state index in [0.717, 1.165) is 4.90 Å². The van der Waals surface area contributed by atoms with Crippen LogP contribution in [0.1, 0.15) is 20.8 Å². The van der Waals surface area contributed by atoms with Crippen molar-refractivity contribution in [2.75, 3.05) is 6.26 Å². The topological polar surface area (TPSA) is 38.7 Å². The molecule has 0 bridgehead atoms. The first kappa shape index (κ1) is 12.9. The quantitative estimate of drug-likeness (QED) is 0.753. The molecule has 4 heteroatoms. The fourth-order valence-corrected chi connectivity index (χ4v) is 1.98. The summed E-state index contributed by atoms with van der Waals surface area (Å²) in [5, 5.41) is 0. The summed E-state index contributed by atoms with van der Waals surface area (Å²) in [5.74, 6) is 0. The first-order valence-corrected chi connectivity index (χ1v) is 6.63. The molecule has 0 aliphatic carbocycles. The lowest BCUT2D eigenvalue weighted by molar-refractivity contribution is 0.0608. The number of hydrogen-bond donors (Lipinski definition) is 0. The van der Waals surface area contributed by atoms with E-state index in [1.807, 2.05) is 57.4 Å². The predicted octanol–water partition coefficient (Wildman–Crippen LogP) is 3.41. The zero-order chi connectivity index (χ0) is 12.2. The molecule has 88 valence electrons. The van der Waals surface area contributed by atoms with Crippen molar-refractivity contribution in [1.82, 2.24) is 0 Å². The summed E-state index contributed by atoms with van der Waals surface area (Å²) in [6.07, 6.45) is 1.40. The van der Waals surface area contributed by atoms with Crippen LogP contribution in [0.4, 0.5) is 4.79 Å². The Morgan fingerprint density at radius 1 is 1.25 bits per heavy atom. The maximum Gasteiger partial charge on any atom is 0.440 e. The minimum atomic E-state index is -0.498. The molecule has 0 N–H and O–H groups in total. The predicted molar refractivity (Wildman–Crippen MR) is 66.7 cm³/mol. The molecule has 0 aliphatic heterocycles. The van der Waals surface area contributed by atoms with E-state index in [1.165, 1.54) is 0 Å². The number of rotatable bonds is 1. The molecule has 0 saturated heterocycles. The number of ether oxygens (including phenoxy) is 1. The summed E-state index contributed by atoms with van der Waals surface area (Å²) < 4.78 is 9.13. The van der Waals surface area contributed by atoms with Gasteiger partial charge in [-0.05, 0) is 39.2 Å². The minimum Gasteiger partial charge on any atom is -0.442 e. The van der Waals surface area contributed by atoms with Crippen LogP contribution >= 0.6 is 0 Å². The molecule has 1 unspecified atom stereocenters. The molecule has 1 atom stereocenters. The van der Waals surface area contributed by atoms with E-state index in [0.29, 0.717) is 0 Å².